The van der Waals surface area contributed by atoms with Gasteiger partial charge in [0, 0.05) is 12.6 Å². The Morgan fingerprint density at radius 2 is 1.71 bits per heavy atom. The summed E-state index contributed by atoms with van der Waals surface area (Å²) in [7, 11) is 0. The summed E-state index contributed by atoms with van der Waals surface area (Å²) in [5, 5.41) is 23.6. The van der Waals surface area contributed by atoms with E-state index >= 15 is 0 Å². The minimum atomic E-state index is -0.682. The predicted octanol–water partition coefficient (Wildman–Crippen LogP) is 2.91. The van der Waals surface area contributed by atoms with Crippen LogP contribution in [0.2, 0.25) is 0 Å². The molecule has 2 rings (SSSR count). The zero-order valence-electron chi connectivity index (χ0n) is 13.5. The van der Waals surface area contributed by atoms with Gasteiger partial charge in [0.05, 0.1) is 11.7 Å². The first-order valence-electron chi connectivity index (χ1n) is 8.15. The number of benzene rings is 1. The van der Waals surface area contributed by atoms with Gasteiger partial charge in [-0.25, -0.2) is 0 Å². The molecule has 1 fully saturated rings. The molecule has 0 aliphatic heterocycles. The molecule has 118 valence electrons. The van der Waals surface area contributed by atoms with Crippen LogP contribution in [0.5, 0.6) is 0 Å². The van der Waals surface area contributed by atoms with E-state index < -0.39 is 5.60 Å². The summed E-state index contributed by atoms with van der Waals surface area (Å²) >= 11 is 0. The van der Waals surface area contributed by atoms with Crippen molar-refractivity contribution in [3.05, 3.63) is 35.4 Å². The Balaban J connectivity index is 1.95. The number of hydrogen-bond acceptors (Lipinski definition) is 3. The monoisotopic (exact) mass is 291 g/mol. The number of hydrogen-bond donors (Lipinski definition) is 3. The van der Waals surface area contributed by atoms with Crippen LogP contribution in [0.15, 0.2) is 24.3 Å². The quantitative estimate of drug-likeness (QED) is 0.782. The van der Waals surface area contributed by atoms with Crippen LogP contribution in [0.25, 0.3) is 0 Å². The molecule has 0 heterocycles. The lowest BCUT2D eigenvalue weighted by Crippen LogP contribution is -2.41. The lowest BCUT2D eigenvalue weighted by molar-refractivity contribution is -0.00912. The molecule has 0 aromatic heterocycles. The first-order chi connectivity index (χ1) is 9.90. The van der Waals surface area contributed by atoms with Crippen molar-refractivity contribution >= 4 is 0 Å². The normalized spacial score (nSPS) is 27.8. The molecule has 1 saturated carbocycles. The van der Waals surface area contributed by atoms with Crippen molar-refractivity contribution < 1.29 is 10.2 Å². The first-order valence-corrected chi connectivity index (χ1v) is 8.15. The molecule has 1 atom stereocenters. The van der Waals surface area contributed by atoms with Crippen LogP contribution in [0.4, 0.5) is 0 Å². The van der Waals surface area contributed by atoms with Gasteiger partial charge in [0.15, 0.2) is 0 Å². The number of aliphatic hydroxyl groups is 2. The van der Waals surface area contributed by atoms with E-state index in [1.54, 1.807) is 6.92 Å². The highest BCUT2D eigenvalue weighted by molar-refractivity contribution is 5.29. The van der Waals surface area contributed by atoms with Gasteiger partial charge in [-0.2, -0.15) is 0 Å². The topological polar surface area (TPSA) is 52.5 Å². The molecular weight excluding hydrogens is 262 g/mol. The largest absolute Gasteiger partial charge is 0.392 e. The molecule has 21 heavy (non-hydrogen) atoms. The third-order valence-corrected chi connectivity index (χ3v) is 4.63. The summed E-state index contributed by atoms with van der Waals surface area (Å²) in [5.41, 5.74) is 1.67. The fraction of sp³-hybridized carbons (Fsp3) is 0.667. The Morgan fingerprint density at radius 3 is 2.19 bits per heavy atom. The van der Waals surface area contributed by atoms with Crippen molar-refractivity contribution in [2.75, 3.05) is 6.54 Å². The van der Waals surface area contributed by atoms with Crippen molar-refractivity contribution in [1.82, 2.24) is 5.32 Å². The number of nitrogens with one attached hydrogen (secondary N) is 1. The SMILES string of the molecule is CC(C)c1ccc(C2(O)CCC(NC[C@H](C)O)CC2)cc1. The van der Waals surface area contributed by atoms with Crippen molar-refractivity contribution in [2.45, 2.75) is 70.1 Å². The molecule has 3 N–H and O–H groups in total. The fourth-order valence-corrected chi connectivity index (χ4v) is 3.10. The van der Waals surface area contributed by atoms with Crippen LogP contribution in [0.3, 0.4) is 0 Å². The lowest BCUT2D eigenvalue weighted by Gasteiger charge is -2.37. The van der Waals surface area contributed by atoms with Crippen LogP contribution in [-0.4, -0.2) is 28.9 Å². The lowest BCUT2D eigenvalue weighted by atomic mass is 9.77. The number of rotatable bonds is 5. The third kappa shape index (κ3) is 4.29. The summed E-state index contributed by atoms with van der Waals surface area (Å²) in [6.45, 7) is 6.79. The van der Waals surface area contributed by atoms with Gasteiger partial charge in [-0.15, -0.1) is 0 Å². The van der Waals surface area contributed by atoms with Gasteiger partial charge in [0.1, 0.15) is 0 Å². The highest BCUT2D eigenvalue weighted by Gasteiger charge is 2.34. The van der Waals surface area contributed by atoms with Gasteiger partial charge in [-0.05, 0) is 49.7 Å². The minimum Gasteiger partial charge on any atom is -0.392 e. The smallest absolute Gasteiger partial charge is 0.0897 e. The Bertz CT molecular complexity index is 431. The van der Waals surface area contributed by atoms with E-state index in [1.807, 2.05) is 0 Å². The highest BCUT2D eigenvalue weighted by atomic mass is 16.3. The molecule has 1 aliphatic carbocycles. The van der Waals surface area contributed by atoms with E-state index in [0.717, 1.165) is 31.2 Å². The van der Waals surface area contributed by atoms with E-state index in [9.17, 15) is 10.2 Å². The van der Waals surface area contributed by atoms with Crippen molar-refractivity contribution in [3.63, 3.8) is 0 Å². The van der Waals surface area contributed by atoms with Gasteiger partial charge in [0.25, 0.3) is 0 Å². The molecule has 3 nitrogen and oxygen atoms in total. The van der Waals surface area contributed by atoms with E-state index in [-0.39, 0.29) is 6.10 Å². The highest BCUT2D eigenvalue weighted by Crippen LogP contribution is 2.37. The Hall–Kier alpha value is -0.900. The second kappa shape index (κ2) is 6.91. The molecule has 1 aromatic rings. The second-order valence-electron chi connectivity index (χ2n) is 6.84. The van der Waals surface area contributed by atoms with Gasteiger partial charge >= 0.3 is 0 Å². The van der Waals surface area contributed by atoms with Crippen molar-refractivity contribution in [2.24, 2.45) is 0 Å². The maximum absolute atomic E-state index is 10.9. The van der Waals surface area contributed by atoms with Crippen LogP contribution >= 0.6 is 0 Å². The van der Waals surface area contributed by atoms with Crippen LogP contribution in [-0.2, 0) is 5.60 Å². The summed E-state index contributed by atoms with van der Waals surface area (Å²) in [6, 6.07) is 8.85. The third-order valence-electron chi connectivity index (χ3n) is 4.63. The standard InChI is InChI=1S/C18H29NO2/c1-13(2)15-4-6-16(7-5-15)18(21)10-8-17(9-11-18)19-12-14(3)20/h4-7,13-14,17,19-21H,8-12H2,1-3H3/t14-,17?,18?/m0/s1. The summed E-state index contributed by atoms with van der Waals surface area (Å²) in [5.74, 6) is 0.522. The molecule has 0 saturated heterocycles. The molecule has 0 amide bonds. The maximum Gasteiger partial charge on any atom is 0.0897 e. The van der Waals surface area contributed by atoms with E-state index in [2.05, 4.69) is 43.4 Å². The molecule has 1 aliphatic rings. The Kier molecular flexibility index (Phi) is 5.42. The summed E-state index contributed by atoms with van der Waals surface area (Å²) < 4.78 is 0. The molecule has 0 unspecified atom stereocenters. The van der Waals surface area contributed by atoms with Crippen molar-refractivity contribution in [1.29, 1.82) is 0 Å². The van der Waals surface area contributed by atoms with E-state index in [1.165, 1.54) is 5.56 Å². The zero-order valence-corrected chi connectivity index (χ0v) is 13.5. The second-order valence-corrected chi connectivity index (χ2v) is 6.84. The number of aliphatic hydroxyl groups excluding tert-OH is 1. The van der Waals surface area contributed by atoms with Gasteiger partial charge in [0.2, 0.25) is 0 Å². The summed E-state index contributed by atoms with van der Waals surface area (Å²) in [6.07, 6.45) is 3.16. The van der Waals surface area contributed by atoms with Crippen molar-refractivity contribution in [3.8, 4) is 0 Å². The average molecular weight is 291 g/mol. The van der Waals surface area contributed by atoms with Crippen LogP contribution in [0, 0.1) is 0 Å². The Labute approximate surface area is 128 Å². The van der Waals surface area contributed by atoms with Gasteiger partial charge in [-0.3, -0.25) is 0 Å². The van der Waals surface area contributed by atoms with E-state index in [4.69, 9.17) is 0 Å². The fourth-order valence-electron chi connectivity index (χ4n) is 3.10. The molecular formula is C18H29NO2. The van der Waals surface area contributed by atoms with Gasteiger partial charge < -0.3 is 15.5 Å². The van der Waals surface area contributed by atoms with Crippen LogP contribution in [0.1, 0.15) is 63.5 Å². The average Bonchev–Trinajstić information content (AvgIpc) is 2.47. The zero-order chi connectivity index (χ0) is 15.5. The minimum absolute atomic E-state index is 0.311. The van der Waals surface area contributed by atoms with E-state index in [0.29, 0.717) is 18.5 Å². The Morgan fingerprint density at radius 1 is 1.14 bits per heavy atom. The molecule has 0 bridgehead atoms. The van der Waals surface area contributed by atoms with Crippen LogP contribution < -0.4 is 5.32 Å². The molecule has 3 heteroatoms. The first kappa shape index (κ1) is 16.5. The summed E-state index contributed by atoms with van der Waals surface area (Å²) in [4.78, 5) is 0. The maximum atomic E-state index is 10.9. The van der Waals surface area contributed by atoms with Gasteiger partial charge in [-0.1, -0.05) is 38.1 Å². The predicted molar refractivity (Wildman–Crippen MR) is 86.4 cm³/mol. The molecule has 0 radical (unpaired) electrons. The molecule has 0 spiro atoms. The molecule has 1 aromatic carbocycles.